The molecule has 5 aromatic carbocycles. The Kier molecular flexibility index (Phi) is 25.1. The van der Waals surface area contributed by atoms with Gasteiger partial charge in [0.2, 0.25) is 17.5 Å². The highest BCUT2D eigenvalue weighted by molar-refractivity contribution is 6.38. The van der Waals surface area contributed by atoms with Crippen LogP contribution in [-0.4, -0.2) is 137 Å². The van der Waals surface area contributed by atoms with Crippen LogP contribution in [0.25, 0.3) is 85.9 Å². The van der Waals surface area contributed by atoms with E-state index in [2.05, 4.69) is 45.4 Å². The average molecular weight is 1770 g/mol. The molecule has 0 amide bonds. The lowest BCUT2D eigenvalue weighted by molar-refractivity contribution is -0.220. The van der Waals surface area contributed by atoms with Gasteiger partial charge in [-0.25, -0.2) is 15.0 Å². The van der Waals surface area contributed by atoms with Crippen LogP contribution in [-0.2, 0) is 37.5 Å². The van der Waals surface area contributed by atoms with Gasteiger partial charge >= 0.3 is 18.5 Å². The molecule has 2 aliphatic rings. The van der Waals surface area contributed by atoms with Crippen molar-refractivity contribution in [2.45, 2.75) is 49.4 Å². The van der Waals surface area contributed by atoms with Crippen LogP contribution in [0.2, 0.25) is 45.2 Å². The maximum Gasteiger partial charge on any atom is 0.417 e. The van der Waals surface area contributed by atoms with Gasteiger partial charge in [-0.2, -0.15) is 54.5 Å². The number of rotatable bonds is 14. The number of aliphatic hydroxyl groups is 3. The normalized spacial score (nSPS) is 16.0. The van der Waals surface area contributed by atoms with E-state index in [1.165, 1.54) is 55.0 Å². The molecule has 4 N–H and O–H groups in total. The first-order valence-electron chi connectivity index (χ1n) is 32.5. The standard InChI is InChI=1S/C26H16Cl3F3N4O4.C19H12Cl3F3N4O4.C16H6Cl3F3N4O2.C10H12O3/c27-17-8-21(39-15-11-37-25(38-12-15)13-4-2-1-3-5-13)18(28)7-16(17)22-34-24(40-35-22)20-10-36-9-14(26(30,31)32)6-19(29)23(36)33-20;20-11-3-15(32-9(6-30)7-31)12(21)2-10(11)16-27-18(33-28-16)14-5-29-4-8(19(23,24)25)1-13(22)17(29)26-14;17-8-3-12(27)9(18)2-7(8)13-24-15(28-25-13)11-5-26-4-6(16(20,21)22)1-10(19)14(26)23-11;11-9-6-12-10(13-7-9)8-4-2-1-3-5-8/h1-10,15,25H,11-12H2;1-5,9,30-31H,6-7H2;1-5,27H;1-5,9-11H,6-7H2. The van der Waals surface area contributed by atoms with E-state index in [0.717, 1.165) is 61.1 Å². The minimum Gasteiger partial charge on any atom is -0.506 e. The summed E-state index contributed by atoms with van der Waals surface area (Å²) < 4.78 is 170. The summed E-state index contributed by atoms with van der Waals surface area (Å²) in [4.78, 5) is 25.1. The highest BCUT2D eigenvalue weighted by atomic mass is 35.5. The third-order valence-corrected chi connectivity index (χ3v) is 18.8. The van der Waals surface area contributed by atoms with Crippen LogP contribution in [0, 0.1) is 0 Å². The summed E-state index contributed by atoms with van der Waals surface area (Å²) in [6.07, 6.45) is -9.90. The molecule has 2 saturated heterocycles. The summed E-state index contributed by atoms with van der Waals surface area (Å²) in [5.41, 5.74) is 0.599. The molecule has 0 spiro atoms. The van der Waals surface area contributed by atoms with Crippen molar-refractivity contribution < 1.29 is 102 Å². The lowest BCUT2D eigenvalue weighted by Crippen LogP contribution is -2.35. The van der Waals surface area contributed by atoms with Crippen LogP contribution in [0.4, 0.5) is 39.5 Å². The summed E-state index contributed by atoms with van der Waals surface area (Å²) in [7, 11) is 0. The van der Waals surface area contributed by atoms with E-state index < -0.39 is 73.0 Å². The number of phenols is 1. The summed E-state index contributed by atoms with van der Waals surface area (Å²) in [6, 6.07) is 30.0. The van der Waals surface area contributed by atoms with Crippen molar-refractivity contribution >= 4 is 121 Å². The van der Waals surface area contributed by atoms with E-state index in [9.17, 15) is 44.6 Å². The largest absolute Gasteiger partial charge is 0.506 e. The van der Waals surface area contributed by atoms with Gasteiger partial charge < -0.3 is 75.6 Å². The third-order valence-electron chi connectivity index (χ3n) is 16.1. The van der Waals surface area contributed by atoms with Crippen LogP contribution >= 0.6 is 104 Å². The van der Waals surface area contributed by atoms with Gasteiger partial charge in [-0.3, -0.25) is 0 Å². The van der Waals surface area contributed by atoms with Gasteiger partial charge in [0.05, 0.1) is 102 Å². The minimum absolute atomic E-state index is 0.0310. The van der Waals surface area contributed by atoms with E-state index in [-0.39, 0.29) is 151 Å². The quantitative estimate of drug-likeness (QED) is 0.0735. The van der Waals surface area contributed by atoms with Crippen molar-refractivity contribution in [1.82, 2.24) is 58.6 Å². The molecule has 2 fully saturated rings. The van der Waals surface area contributed by atoms with E-state index >= 15 is 0 Å². The Hall–Kier alpha value is -9.31. The highest BCUT2D eigenvalue weighted by Gasteiger charge is 2.36. The molecular weight excluding hydrogens is 1720 g/mol. The van der Waals surface area contributed by atoms with E-state index in [4.69, 9.17) is 162 Å². The second-order valence-corrected chi connectivity index (χ2v) is 27.9. The summed E-state index contributed by atoms with van der Waals surface area (Å²) >= 11 is 55.2. The van der Waals surface area contributed by atoms with Crippen LogP contribution < -0.4 is 9.47 Å². The monoisotopic (exact) mass is 1760 g/mol. The van der Waals surface area contributed by atoms with E-state index in [1.807, 2.05) is 60.7 Å². The van der Waals surface area contributed by atoms with Gasteiger partial charge in [0.25, 0.3) is 17.7 Å². The fourth-order valence-electron chi connectivity index (χ4n) is 10.7. The molecule has 16 rings (SSSR count). The zero-order chi connectivity index (χ0) is 81.2. The number of hydrogen-bond donors (Lipinski definition) is 4. The molecule has 0 unspecified atom stereocenters. The van der Waals surface area contributed by atoms with Crippen molar-refractivity contribution in [1.29, 1.82) is 0 Å². The summed E-state index contributed by atoms with van der Waals surface area (Å²) in [5, 5.41) is 48.8. The first-order chi connectivity index (χ1) is 54.2. The molecule has 0 bridgehead atoms. The molecule has 43 heteroatoms. The molecule has 2 aliphatic heterocycles. The number of pyridine rings is 3. The minimum atomic E-state index is -4.58. The molecule has 594 valence electrons. The topological polar surface area (TPSA) is 305 Å². The molecule has 11 heterocycles. The number of hydrogen-bond acceptors (Lipinski definition) is 22. The van der Waals surface area contributed by atoms with Gasteiger partial charge in [0.1, 0.15) is 52.6 Å². The molecule has 14 aromatic rings. The number of imidazole rings is 3. The van der Waals surface area contributed by atoms with Crippen LogP contribution in [0.5, 0.6) is 17.2 Å². The fourth-order valence-corrected chi connectivity index (χ4v) is 12.8. The number of ether oxygens (including phenoxy) is 6. The van der Waals surface area contributed by atoms with Gasteiger partial charge in [0, 0.05) is 83.2 Å². The lowest BCUT2D eigenvalue weighted by Gasteiger charge is -2.30. The Balaban J connectivity index is 0.000000140. The van der Waals surface area contributed by atoms with Crippen LogP contribution in [0.3, 0.4) is 0 Å². The van der Waals surface area contributed by atoms with Gasteiger partial charge in [-0.05, 0) is 36.4 Å². The number of phenolic OH excluding ortho intramolecular Hbond substituents is 1. The zero-order valence-corrected chi connectivity index (χ0v) is 63.5. The number of benzene rings is 5. The second-order valence-electron chi connectivity index (χ2n) is 24.2. The van der Waals surface area contributed by atoms with Crippen LogP contribution in [0.15, 0.2) is 166 Å². The second kappa shape index (κ2) is 34.6. The van der Waals surface area contributed by atoms with E-state index in [1.54, 1.807) is 0 Å². The SMILES string of the molecule is FC(F)(F)c1cc(Cl)c2nc(-c3nc(-c4cc(Cl)c(OC5COC(c6ccccc6)OC5)cc4Cl)no3)cn2c1.OC1COC(c2ccccc2)OC1.OCC(CO)Oc1cc(Cl)c(-c2noc(-c3cn4cc(C(F)(F)F)cc(Cl)c4n3)n2)cc1Cl.Oc1cc(Cl)c(-c2noc(-c3cn4cc(C(F)(F)F)cc(Cl)c4n3)n2)cc1Cl. The van der Waals surface area contributed by atoms with Crippen molar-refractivity contribution in [3.8, 4) is 86.2 Å². The van der Waals surface area contributed by atoms with Gasteiger partial charge in [-0.15, -0.1) is 0 Å². The third kappa shape index (κ3) is 19.1. The molecule has 0 saturated carbocycles. The van der Waals surface area contributed by atoms with Crippen molar-refractivity contribution in [2.24, 2.45) is 0 Å². The number of halogens is 18. The van der Waals surface area contributed by atoms with Gasteiger partial charge in [0.15, 0.2) is 29.5 Å². The lowest BCUT2D eigenvalue weighted by atomic mass is 10.2. The number of fused-ring (bicyclic) bond motifs is 3. The Morgan fingerprint density at radius 2 is 0.754 bits per heavy atom. The molecule has 0 radical (unpaired) electrons. The number of aromatic nitrogens is 12. The smallest absolute Gasteiger partial charge is 0.417 e. The average Bonchev–Trinajstić information content (AvgIpc) is 1.63. The van der Waals surface area contributed by atoms with Crippen molar-refractivity contribution in [3.63, 3.8) is 0 Å². The maximum atomic E-state index is 13.1. The number of alkyl halides is 9. The predicted octanol–water partition coefficient (Wildman–Crippen LogP) is 19.1. The Bertz CT molecular complexity index is 5780. The maximum absolute atomic E-state index is 13.1. The predicted molar refractivity (Wildman–Crippen MR) is 395 cm³/mol. The van der Waals surface area contributed by atoms with Gasteiger partial charge in [-0.1, -0.05) is 181 Å². The molecule has 0 aliphatic carbocycles. The number of aromatic hydroxyl groups is 1. The Labute approximate surface area is 678 Å². The molecule has 0 atom stereocenters. The number of nitrogens with zero attached hydrogens (tertiary/aromatic N) is 12. The van der Waals surface area contributed by atoms with Crippen molar-refractivity contribution in [3.05, 3.63) is 225 Å². The summed E-state index contributed by atoms with van der Waals surface area (Å²) in [6.45, 7) is 0.370. The van der Waals surface area contributed by atoms with Crippen molar-refractivity contribution in [2.75, 3.05) is 39.6 Å². The number of aliphatic hydroxyl groups excluding tert-OH is 3. The Morgan fingerprint density at radius 1 is 0.412 bits per heavy atom. The fraction of sp³-hybridized carbons (Fsp3) is 0.197. The molecule has 9 aromatic heterocycles. The first kappa shape index (κ1) is 82.7. The highest BCUT2D eigenvalue weighted by Crippen LogP contribution is 2.43. The zero-order valence-electron chi connectivity index (χ0n) is 56.7. The van der Waals surface area contributed by atoms with Crippen LogP contribution in [0.1, 0.15) is 40.4 Å². The molecule has 114 heavy (non-hydrogen) atoms. The van der Waals surface area contributed by atoms with E-state index in [0.29, 0.717) is 30.1 Å². The first-order valence-corrected chi connectivity index (χ1v) is 35.9. The Morgan fingerprint density at radius 3 is 1.12 bits per heavy atom. The molecule has 25 nitrogen and oxygen atoms in total. The molecular formula is C71H46Cl9F9N12O13. The summed E-state index contributed by atoms with van der Waals surface area (Å²) in [5.74, 6) is 0.180.